The Hall–Kier alpha value is -1.85. The number of hydrogen-bond donors (Lipinski definition) is 3. The van der Waals surface area contributed by atoms with E-state index in [4.69, 9.17) is 5.11 Å². The lowest BCUT2D eigenvalue weighted by Gasteiger charge is -2.17. The molecule has 1 heterocycles. The molecule has 0 bridgehead atoms. The lowest BCUT2D eigenvalue weighted by atomic mass is 10.1. The minimum absolute atomic E-state index is 0.0445. The van der Waals surface area contributed by atoms with Gasteiger partial charge >= 0.3 is 6.03 Å². The van der Waals surface area contributed by atoms with E-state index < -0.39 is 0 Å². The molecule has 3 atom stereocenters. The molecule has 1 fully saturated rings. The van der Waals surface area contributed by atoms with Crippen LogP contribution in [0.25, 0.3) is 0 Å². The number of urea groups is 1. The van der Waals surface area contributed by atoms with Gasteiger partial charge in [0, 0.05) is 38.2 Å². The summed E-state index contributed by atoms with van der Waals surface area (Å²) in [5, 5.41) is 15.1. The number of aliphatic hydroxyl groups excluding tert-OH is 1. The lowest BCUT2D eigenvalue weighted by Crippen LogP contribution is -2.43. The normalized spacial score (nSPS) is 26.0. The SMILES string of the molecule is O=C(NCC1CCN(CCc2ccccc2)C1)N[C@@H]1C=C[C@H](CO)C1. The van der Waals surface area contributed by atoms with Gasteiger partial charge in [-0.15, -0.1) is 0 Å². The second-order valence-corrected chi connectivity index (χ2v) is 7.22. The number of nitrogens with one attached hydrogen (secondary N) is 2. The maximum atomic E-state index is 12.0. The molecule has 1 aliphatic heterocycles. The van der Waals surface area contributed by atoms with Gasteiger partial charge in [-0.25, -0.2) is 4.79 Å². The van der Waals surface area contributed by atoms with Crippen molar-refractivity contribution >= 4 is 6.03 Å². The van der Waals surface area contributed by atoms with Gasteiger partial charge in [0.05, 0.1) is 0 Å². The average molecular weight is 343 g/mol. The van der Waals surface area contributed by atoms with Crippen LogP contribution in [0.15, 0.2) is 42.5 Å². The predicted molar refractivity (Wildman–Crippen MR) is 99.3 cm³/mol. The van der Waals surface area contributed by atoms with E-state index in [0.29, 0.717) is 5.92 Å². The Balaban J connectivity index is 1.30. The van der Waals surface area contributed by atoms with Crippen molar-refractivity contribution in [3.63, 3.8) is 0 Å². The number of carbonyl (C=O) groups is 1. The standard InChI is InChI=1S/C20H29N3O2/c24-15-17-6-7-19(12-17)22-20(25)21-13-18-9-11-23(14-18)10-8-16-4-2-1-3-5-16/h1-7,17-19,24H,8-15H2,(H2,21,22,25)/t17-,18?,19+/m0/s1. The maximum Gasteiger partial charge on any atom is 0.315 e. The molecule has 1 unspecified atom stereocenters. The molecule has 1 saturated heterocycles. The van der Waals surface area contributed by atoms with Crippen LogP contribution in [0, 0.1) is 11.8 Å². The van der Waals surface area contributed by atoms with Crippen molar-refractivity contribution in [1.82, 2.24) is 15.5 Å². The van der Waals surface area contributed by atoms with Crippen molar-refractivity contribution < 1.29 is 9.90 Å². The van der Waals surface area contributed by atoms with Crippen molar-refractivity contribution in [2.24, 2.45) is 11.8 Å². The third kappa shape index (κ3) is 5.58. The van der Waals surface area contributed by atoms with Crippen LogP contribution >= 0.6 is 0 Å². The quantitative estimate of drug-likeness (QED) is 0.662. The zero-order valence-electron chi connectivity index (χ0n) is 14.7. The molecule has 0 spiro atoms. The highest BCUT2D eigenvalue weighted by Crippen LogP contribution is 2.17. The topological polar surface area (TPSA) is 64.6 Å². The Labute approximate surface area is 150 Å². The van der Waals surface area contributed by atoms with Crippen LogP contribution in [0.4, 0.5) is 4.79 Å². The molecular weight excluding hydrogens is 314 g/mol. The molecule has 1 aliphatic carbocycles. The minimum Gasteiger partial charge on any atom is -0.396 e. The molecule has 5 heteroatoms. The molecule has 136 valence electrons. The van der Waals surface area contributed by atoms with Crippen LogP contribution in [0.1, 0.15) is 18.4 Å². The van der Waals surface area contributed by atoms with Gasteiger partial charge in [-0.1, -0.05) is 42.5 Å². The first-order valence-corrected chi connectivity index (χ1v) is 9.32. The van der Waals surface area contributed by atoms with Crippen LogP contribution in [-0.2, 0) is 6.42 Å². The van der Waals surface area contributed by atoms with Gasteiger partial charge in [-0.2, -0.15) is 0 Å². The molecule has 1 aromatic rings. The highest BCUT2D eigenvalue weighted by Gasteiger charge is 2.23. The molecule has 0 saturated carbocycles. The molecule has 2 aliphatic rings. The van der Waals surface area contributed by atoms with E-state index in [9.17, 15) is 4.79 Å². The summed E-state index contributed by atoms with van der Waals surface area (Å²) in [6, 6.07) is 10.5. The van der Waals surface area contributed by atoms with Crippen LogP contribution in [0.2, 0.25) is 0 Å². The summed E-state index contributed by atoms with van der Waals surface area (Å²) in [5.41, 5.74) is 1.38. The van der Waals surface area contributed by atoms with E-state index >= 15 is 0 Å². The zero-order chi connectivity index (χ0) is 17.5. The number of amides is 2. The van der Waals surface area contributed by atoms with Crippen LogP contribution in [0.5, 0.6) is 0 Å². The van der Waals surface area contributed by atoms with Crippen LogP contribution in [-0.4, -0.2) is 54.9 Å². The fourth-order valence-electron chi connectivity index (χ4n) is 3.69. The van der Waals surface area contributed by atoms with Crippen molar-refractivity contribution in [3.8, 4) is 0 Å². The first kappa shape index (κ1) is 18.0. The number of benzene rings is 1. The van der Waals surface area contributed by atoms with Gasteiger partial charge < -0.3 is 20.6 Å². The van der Waals surface area contributed by atoms with Gasteiger partial charge in [-0.05, 0) is 37.3 Å². The molecule has 3 rings (SSSR count). The Kier molecular flexibility index (Phi) is 6.48. The first-order chi connectivity index (χ1) is 12.2. The first-order valence-electron chi connectivity index (χ1n) is 9.32. The third-order valence-corrected chi connectivity index (χ3v) is 5.20. The zero-order valence-corrected chi connectivity index (χ0v) is 14.7. The smallest absolute Gasteiger partial charge is 0.315 e. The van der Waals surface area contributed by atoms with Gasteiger partial charge in [0.1, 0.15) is 0 Å². The number of nitrogens with zero attached hydrogens (tertiary/aromatic N) is 1. The van der Waals surface area contributed by atoms with E-state index in [2.05, 4.69) is 45.9 Å². The molecule has 2 amide bonds. The Morgan fingerprint density at radius 3 is 2.84 bits per heavy atom. The average Bonchev–Trinajstić information content (AvgIpc) is 3.28. The predicted octanol–water partition coefficient (Wildman–Crippen LogP) is 1.79. The Morgan fingerprint density at radius 1 is 1.24 bits per heavy atom. The van der Waals surface area contributed by atoms with Crippen LogP contribution < -0.4 is 10.6 Å². The highest BCUT2D eigenvalue weighted by atomic mass is 16.3. The van der Waals surface area contributed by atoms with Gasteiger partial charge in [0.15, 0.2) is 0 Å². The molecule has 1 aromatic carbocycles. The number of carbonyl (C=O) groups excluding carboxylic acids is 1. The van der Waals surface area contributed by atoms with Gasteiger partial charge in [-0.3, -0.25) is 0 Å². The number of rotatable bonds is 7. The molecule has 0 radical (unpaired) electrons. The molecule has 3 N–H and O–H groups in total. The fraction of sp³-hybridized carbons (Fsp3) is 0.550. The Morgan fingerprint density at radius 2 is 2.08 bits per heavy atom. The number of hydrogen-bond acceptors (Lipinski definition) is 3. The third-order valence-electron chi connectivity index (χ3n) is 5.20. The van der Waals surface area contributed by atoms with E-state index in [1.807, 2.05) is 12.2 Å². The largest absolute Gasteiger partial charge is 0.396 e. The van der Waals surface area contributed by atoms with E-state index in [0.717, 1.165) is 45.4 Å². The highest BCUT2D eigenvalue weighted by molar-refractivity contribution is 5.74. The lowest BCUT2D eigenvalue weighted by molar-refractivity contribution is 0.229. The molecule has 25 heavy (non-hydrogen) atoms. The summed E-state index contributed by atoms with van der Waals surface area (Å²) in [6.07, 6.45) is 6.97. The summed E-state index contributed by atoms with van der Waals surface area (Å²) >= 11 is 0. The second kappa shape index (κ2) is 9.02. The molecule has 5 nitrogen and oxygen atoms in total. The monoisotopic (exact) mass is 343 g/mol. The number of likely N-dealkylation sites (tertiary alicyclic amines) is 1. The summed E-state index contributed by atoms with van der Waals surface area (Å²) in [6.45, 7) is 4.14. The van der Waals surface area contributed by atoms with E-state index in [1.54, 1.807) is 0 Å². The Bertz CT molecular complexity index is 576. The summed E-state index contributed by atoms with van der Waals surface area (Å²) in [5.74, 6) is 0.712. The second-order valence-electron chi connectivity index (χ2n) is 7.22. The fourth-order valence-corrected chi connectivity index (χ4v) is 3.69. The van der Waals surface area contributed by atoms with Crippen LogP contribution in [0.3, 0.4) is 0 Å². The van der Waals surface area contributed by atoms with E-state index in [-0.39, 0.29) is 24.6 Å². The van der Waals surface area contributed by atoms with Crippen molar-refractivity contribution in [3.05, 3.63) is 48.0 Å². The maximum absolute atomic E-state index is 12.0. The van der Waals surface area contributed by atoms with Gasteiger partial charge in [0.25, 0.3) is 0 Å². The van der Waals surface area contributed by atoms with Crippen molar-refractivity contribution in [2.45, 2.75) is 25.3 Å². The number of aliphatic hydroxyl groups is 1. The summed E-state index contributed by atoms with van der Waals surface area (Å²) < 4.78 is 0. The van der Waals surface area contributed by atoms with Crippen molar-refractivity contribution in [1.29, 1.82) is 0 Å². The summed E-state index contributed by atoms with van der Waals surface area (Å²) in [4.78, 5) is 14.5. The summed E-state index contributed by atoms with van der Waals surface area (Å²) in [7, 11) is 0. The molecular formula is C20H29N3O2. The van der Waals surface area contributed by atoms with Crippen molar-refractivity contribution in [2.75, 3.05) is 32.8 Å². The van der Waals surface area contributed by atoms with Gasteiger partial charge in [0.2, 0.25) is 0 Å². The minimum atomic E-state index is -0.101. The van der Waals surface area contributed by atoms with E-state index in [1.165, 1.54) is 5.56 Å². The molecule has 0 aromatic heterocycles.